The van der Waals surface area contributed by atoms with Gasteiger partial charge in [-0.2, -0.15) is 0 Å². The topological polar surface area (TPSA) is 59.1 Å². The molecule has 3 rings (SSSR count). The third-order valence-corrected chi connectivity index (χ3v) is 6.28. The van der Waals surface area contributed by atoms with E-state index in [0.717, 1.165) is 35.1 Å². The zero-order valence-electron chi connectivity index (χ0n) is 13.1. The Morgan fingerprint density at radius 1 is 1.32 bits per heavy atom. The number of anilines is 1. The Kier molecular flexibility index (Phi) is 4.08. The minimum atomic E-state index is -2.82. The quantitative estimate of drug-likeness (QED) is 0.941. The first-order chi connectivity index (χ1) is 10.5. The number of aromatic nitrogens is 1. The van der Waals surface area contributed by atoms with Crippen LogP contribution in [0.1, 0.15) is 24.6 Å². The zero-order valence-corrected chi connectivity index (χ0v) is 13.9. The van der Waals surface area contributed by atoms with E-state index < -0.39 is 9.84 Å². The number of hydrogen-bond acceptors (Lipinski definition) is 4. The molecule has 118 valence electrons. The van der Waals surface area contributed by atoms with Gasteiger partial charge in [-0.05, 0) is 37.3 Å². The Balaban J connectivity index is 1.92. The first kappa shape index (κ1) is 15.3. The molecule has 0 bridgehead atoms. The van der Waals surface area contributed by atoms with E-state index >= 15 is 0 Å². The van der Waals surface area contributed by atoms with Crippen LogP contribution < -0.4 is 5.32 Å². The maximum atomic E-state index is 11.6. The van der Waals surface area contributed by atoms with Crippen LogP contribution in [-0.4, -0.2) is 31.5 Å². The van der Waals surface area contributed by atoms with E-state index in [0.29, 0.717) is 18.1 Å². The molecule has 0 aliphatic carbocycles. The second-order valence-electron chi connectivity index (χ2n) is 6.07. The number of fused-ring (bicyclic) bond motifs is 1. The number of nitrogens with one attached hydrogen (secondary N) is 1. The van der Waals surface area contributed by atoms with E-state index in [1.807, 2.05) is 25.1 Å². The fourth-order valence-electron chi connectivity index (χ4n) is 3.29. The van der Waals surface area contributed by atoms with Gasteiger partial charge in [0.2, 0.25) is 0 Å². The van der Waals surface area contributed by atoms with Gasteiger partial charge in [-0.3, -0.25) is 4.98 Å². The number of nitrogens with zero attached hydrogens (tertiary/aromatic N) is 1. The third kappa shape index (κ3) is 2.95. The van der Waals surface area contributed by atoms with Crippen LogP contribution in [0.3, 0.4) is 0 Å². The van der Waals surface area contributed by atoms with Crippen molar-refractivity contribution in [2.75, 3.05) is 23.4 Å². The lowest BCUT2D eigenvalue weighted by atomic mass is 10.0. The van der Waals surface area contributed by atoms with Gasteiger partial charge in [0.1, 0.15) is 0 Å². The summed E-state index contributed by atoms with van der Waals surface area (Å²) in [6.45, 7) is 4.88. The minimum Gasteiger partial charge on any atom is -0.384 e. The molecule has 1 aromatic carbocycles. The largest absolute Gasteiger partial charge is 0.384 e. The van der Waals surface area contributed by atoms with Gasteiger partial charge in [0, 0.05) is 23.3 Å². The lowest BCUT2D eigenvalue weighted by molar-refractivity contribution is 0.596. The van der Waals surface area contributed by atoms with Gasteiger partial charge < -0.3 is 5.32 Å². The van der Waals surface area contributed by atoms with E-state index in [9.17, 15) is 8.42 Å². The summed E-state index contributed by atoms with van der Waals surface area (Å²) in [5.41, 5.74) is 4.37. The van der Waals surface area contributed by atoms with Crippen LogP contribution in [0.5, 0.6) is 0 Å². The standard InChI is InChI=1S/C17H22N2O2S/c1-3-14-12(2)19-16-7-5-4-6-15(16)17(14)18-10-13-8-9-22(20,21)11-13/h4-7,13H,3,8-11H2,1-2H3,(H,18,19). The molecule has 1 saturated heterocycles. The number of aryl methyl sites for hydroxylation is 1. The predicted octanol–water partition coefficient (Wildman–Crippen LogP) is 2.95. The van der Waals surface area contributed by atoms with Crippen LogP contribution in [0.4, 0.5) is 5.69 Å². The third-order valence-electron chi connectivity index (χ3n) is 4.45. The van der Waals surface area contributed by atoms with Crippen molar-refractivity contribution in [3.8, 4) is 0 Å². The average molecular weight is 318 g/mol. The predicted molar refractivity (Wildman–Crippen MR) is 91.1 cm³/mol. The summed E-state index contributed by atoms with van der Waals surface area (Å²) in [5, 5.41) is 4.64. The molecular weight excluding hydrogens is 296 g/mol. The SMILES string of the molecule is CCc1c(C)nc2ccccc2c1NCC1CCS(=O)(=O)C1. The first-order valence-electron chi connectivity index (χ1n) is 7.82. The Morgan fingerprint density at radius 2 is 2.09 bits per heavy atom. The fourth-order valence-corrected chi connectivity index (χ4v) is 5.15. The smallest absolute Gasteiger partial charge is 0.150 e. The van der Waals surface area contributed by atoms with Crippen molar-refractivity contribution in [1.82, 2.24) is 4.98 Å². The van der Waals surface area contributed by atoms with E-state index in [4.69, 9.17) is 0 Å². The molecule has 0 amide bonds. The zero-order chi connectivity index (χ0) is 15.7. The van der Waals surface area contributed by atoms with E-state index in [1.54, 1.807) is 0 Å². The number of para-hydroxylation sites is 1. The van der Waals surface area contributed by atoms with E-state index in [2.05, 4.69) is 23.3 Å². The molecule has 1 aliphatic heterocycles. The lowest BCUT2D eigenvalue weighted by Crippen LogP contribution is -2.17. The highest BCUT2D eigenvalue weighted by atomic mass is 32.2. The van der Waals surface area contributed by atoms with Crippen molar-refractivity contribution < 1.29 is 8.42 Å². The van der Waals surface area contributed by atoms with Crippen molar-refractivity contribution in [2.45, 2.75) is 26.7 Å². The molecule has 4 nitrogen and oxygen atoms in total. The Morgan fingerprint density at radius 3 is 2.77 bits per heavy atom. The van der Waals surface area contributed by atoms with Gasteiger partial charge in [-0.1, -0.05) is 25.1 Å². The molecule has 1 N–H and O–H groups in total. The summed E-state index contributed by atoms with van der Waals surface area (Å²) in [5.74, 6) is 0.849. The molecule has 1 aliphatic rings. The Hall–Kier alpha value is -1.62. The molecule has 2 aromatic rings. The number of rotatable bonds is 4. The molecule has 2 heterocycles. The van der Waals surface area contributed by atoms with Crippen molar-refractivity contribution in [1.29, 1.82) is 0 Å². The van der Waals surface area contributed by atoms with Crippen LogP contribution in [0.15, 0.2) is 24.3 Å². The first-order valence-corrected chi connectivity index (χ1v) is 9.65. The molecule has 1 fully saturated rings. The maximum Gasteiger partial charge on any atom is 0.150 e. The molecule has 0 spiro atoms. The summed E-state index contributed by atoms with van der Waals surface area (Å²) >= 11 is 0. The normalized spacial score (nSPS) is 20.4. The van der Waals surface area contributed by atoms with Gasteiger partial charge >= 0.3 is 0 Å². The van der Waals surface area contributed by atoms with Gasteiger partial charge in [-0.25, -0.2) is 8.42 Å². The molecule has 1 unspecified atom stereocenters. The van der Waals surface area contributed by atoms with Crippen molar-refractivity contribution in [3.63, 3.8) is 0 Å². The highest BCUT2D eigenvalue weighted by Crippen LogP contribution is 2.30. The van der Waals surface area contributed by atoms with Gasteiger partial charge in [-0.15, -0.1) is 0 Å². The molecule has 1 aromatic heterocycles. The summed E-state index contributed by atoms with van der Waals surface area (Å²) in [6, 6.07) is 8.11. The van der Waals surface area contributed by atoms with Gasteiger partial charge in [0.05, 0.1) is 17.0 Å². The second kappa shape index (κ2) is 5.88. The van der Waals surface area contributed by atoms with E-state index in [-0.39, 0.29) is 5.92 Å². The summed E-state index contributed by atoms with van der Waals surface area (Å²) in [7, 11) is -2.82. The number of hydrogen-bond donors (Lipinski definition) is 1. The van der Waals surface area contributed by atoms with Crippen molar-refractivity contribution in [2.24, 2.45) is 5.92 Å². The summed E-state index contributed by atoms with van der Waals surface area (Å²) in [6.07, 6.45) is 1.67. The number of benzene rings is 1. The van der Waals surface area contributed by atoms with Crippen molar-refractivity contribution in [3.05, 3.63) is 35.5 Å². The molecule has 5 heteroatoms. The van der Waals surface area contributed by atoms with E-state index in [1.165, 1.54) is 5.56 Å². The number of pyridine rings is 1. The molecule has 0 saturated carbocycles. The van der Waals surface area contributed by atoms with Crippen LogP contribution in [0.2, 0.25) is 0 Å². The van der Waals surface area contributed by atoms with Crippen molar-refractivity contribution >= 4 is 26.4 Å². The summed E-state index contributed by atoms with van der Waals surface area (Å²) in [4.78, 5) is 4.67. The number of sulfone groups is 1. The Labute approximate surface area is 131 Å². The fraction of sp³-hybridized carbons (Fsp3) is 0.471. The second-order valence-corrected chi connectivity index (χ2v) is 8.30. The molecule has 1 atom stereocenters. The monoisotopic (exact) mass is 318 g/mol. The van der Waals surface area contributed by atoms with Crippen LogP contribution in [-0.2, 0) is 16.3 Å². The van der Waals surface area contributed by atoms with Crippen LogP contribution in [0.25, 0.3) is 10.9 Å². The minimum absolute atomic E-state index is 0.210. The average Bonchev–Trinajstić information content (AvgIpc) is 2.83. The lowest BCUT2D eigenvalue weighted by Gasteiger charge is -2.18. The van der Waals surface area contributed by atoms with Crippen LogP contribution in [0, 0.1) is 12.8 Å². The summed E-state index contributed by atoms with van der Waals surface area (Å²) < 4.78 is 23.2. The molecular formula is C17H22N2O2S. The molecule has 22 heavy (non-hydrogen) atoms. The molecule has 0 radical (unpaired) electrons. The van der Waals surface area contributed by atoms with Gasteiger partial charge in [0.15, 0.2) is 9.84 Å². The maximum absolute atomic E-state index is 11.6. The Bertz CT molecular complexity index is 800. The van der Waals surface area contributed by atoms with Gasteiger partial charge in [0.25, 0.3) is 0 Å². The van der Waals surface area contributed by atoms with Crippen LogP contribution >= 0.6 is 0 Å². The highest BCUT2D eigenvalue weighted by molar-refractivity contribution is 7.91. The highest BCUT2D eigenvalue weighted by Gasteiger charge is 2.27.